The summed E-state index contributed by atoms with van der Waals surface area (Å²) in [4.78, 5) is 23.2. The predicted molar refractivity (Wildman–Crippen MR) is 97.8 cm³/mol. The molecule has 2 aromatic rings. The minimum absolute atomic E-state index is 0.0536. The van der Waals surface area contributed by atoms with Crippen LogP contribution in [0.5, 0.6) is 0 Å². The van der Waals surface area contributed by atoms with Gasteiger partial charge < -0.3 is 9.84 Å². The fourth-order valence-corrected chi connectivity index (χ4v) is 3.26. The summed E-state index contributed by atoms with van der Waals surface area (Å²) in [5.74, 6) is -0.0536. The highest BCUT2D eigenvalue weighted by atomic mass is 16.6. The number of carbonyl (C=O) groups excluding carboxylic acids is 1. The van der Waals surface area contributed by atoms with Crippen molar-refractivity contribution >= 4 is 12.2 Å². The second-order valence-electron chi connectivity index (χ2n) is 6.23. The molecule has 0 bridgehead atoms. The van der Waals surface area contributed by atoms with Gasteiger partial charge >= 0.3 is 12.2 Å². The Labute approximate surface area is 152 Å². The molecule has 0 unspecified atom stereocenters. The van der Waals surface area contributed by atoms with Gasteiger partial charge in [0.1, 0.15) is 6.61 Å². The van der Waals surface area contributed by atoms with E-state index in [4.69, 9.17) is 9.84 Å². The summed E-state index contributed by atoms with van der Waals surface area (Å²) in [6, 6.07) is 16.1. The van der Waals surface area contributed by atoms with Crippen molar-refractivity contribution in [1.29, 1.82) is 0 Å². The first-order valence-electron chi connectivity index (χ1n) is 8.74. The number of unbranched alkanes of at least 4 members (excludes halogenated alkanes) is 1. The maximum absolute atomic E-state index is 12.1. The third-order valence-electron chi connectivity index (χ3n) is 4.54. The number of hydrogen-bond donors (Lipinski definition) is 2. The third kappa shape index (κ3) is 3.64. The van der Waals surface area contributed by atoms with Crippen molar-refractivity contribution in [2.75, 3.05) is 13.2 Å². The van der Waals surface area contributed by atoms with E-state index in [1.807, 2.05) is 43.3 Å². The fraction of sp³-hybridized carbons (Fsp3) is 0.300. The molecular formula is C20H22N2O4. The van der Waals surface area contributed by atoms with Gasteiger partial charge in [-0.2, -0.15) is 0 Å². The highest BCUT2D eigenvalue weighted by Crippen LogP contribution is 2.44. The zero-order valence-electron chi connectivity index (χ0n) is 14.6. The normalized spacial score (nSPS) is 12.2. The van der Waals surface area contributed by atoms with Crippen LogP contribution in [0.3, 0.4) is 0 Å². The zero-order chi connectivity index (χ0) is 18.5. The Kier molecular flexibility index (Phi) is 5.41. The number of benzene rings is 2. The van der Waals surface area contributed by atoms with E-state index < -0.39 is 12.2 Å². The Morgan fingerprint density at radius 3 is 2.19 bits per heavy atom. The molecule has 0 aromatic heterocycles. The number of hydrogen-bond acceptors (Lipinski definition) is 3. The molecule has 2 amide bonds. The van der Waals surface area contributed by atoms with Gasteiger partial charge in [-0.3, -0.25) is 0 Å². The van der Waals surface area contributed by atoms with Gasteiger partial charge in [-0.1, -0.05) is 61.9 Å². The van der Waals surface area contributed by atoms with Crippen LogP contribution in [0.1, 0.15) is 36.8 Å². The number of carbonyl (C=O) groups is 2. The molecule has 0 fully saturated rings. The fourth-order valence-electron chi connectivity index (χ4n) is 3.26. The van der Waals surface area contributed by atoms with Crippen LogP contribution < -0.4 is 5.43 Å². The molecule has 0 spiro atoms. The van der Waals surface area contributed by atoms with E-state index >= 15 is 0 Å². The predicted octanol–water partition coefficient (Wildman–Crippen LogP) is 4.22. The van der Waals surface area contributed by atoms with E-state index in [-0.39, 0.29) is 19.1 Å². The highest BCUT2D eigenvalue weighted by Gasteiger charge is 2.29. The second-order valence-corrected chi connectivity index (χ2v) is 6.23. The Morgan fingerprint density at radius 1 is 1.08 bits per heavy atom. The number of ether oxygens (including phenoxy) is 1. The first-order chi connectivity index (χ1) is 12.6. The van der Waals surface area contributed by atoms with Gasteiger partial charge in [0.25, 0.3) is 0 Å². The maximum Gasteiger partial charge on any atom is 0.426 e. The van der Waals surface area contributed by atoms with E-state index in [0.29, 0.717) is 6.42 Å². The largest absolute Gasteiger partial charge is 0.464 e. The van der Waals surface area contributed by atoms with Crippen LogP contribution in [0.2, 0.25) is 0 Å². The van der Waals surface area contributed by atoms with Crippen LogP contribution in [0.15, 0.2) is 48.5 Å². The van der Waals surface area contributed by atoms with Crippen molar-refractivity contribution in [3.63, 3.8) is 0 Å². The molecule has 2 N–H and O–H groups in total. The molecule has 136 valence electrons. The van der Waals surface area contributed by atoms with Crippen molar-refractivity contribution in [3.8, 4) is 11.1 Å². The lowest BCUT2D eigenvalue weighted by Gasteiger charge is -2.20. The minimum atomic E-state index is -1.20. The Bertz CT molecular complexity index is 760. The molecule has 0 aliphatic heterocycles. The van der Waals surface area contributed by atoms with Crippen LogP contribution in [-0.4, -0.2) is 35.5 Å². The number of fused-ring (bicyclic) bond motifs is 3. The summed E-state index contributed by atoms with van der Waals surface area (Å²) in [5.41, 5.74) is 6.81. The SMILES string of the molecule is CCCCN(NC(=O)OCC1c2ccccc2-c2ccccc21)C(=O)O. The van der Waals surface area contributed by atoms with Gasteiger partial charge in [0.2, 0.25) is 0 Å². The Balaban J connectivity index is 1.68. The number of nitrogens with zero attached hydrogens (tertiary/aromatic N) is 1. The van der Waals surface area contributed by atoms with Gasteiger partial charge in [-0.05, 0) is 28.7 Å². The average molecular weight is 354 g/mol. The first-order valence-corrected chi connectivity index (χ1v) is 8.74. The van der Waals surface area contributed by atoms with Gasteiger partial charge in [-0.15, -0.1) is 0 Å². The van der Waals surface area contributed by atoms with Crippen LogP contribution in [0.4, 0.5) is 9.59 Å². The Hall–Kier alpha value is -3.02. The smallest absolute Gasteiger partial charge is 0.426 e. The van der Waals surface area contributed by atoms with E-state index in [1.54, 1.807) is 0 Å². The molecule has 0 atom stereocenters. The lowest BCUT2D eigenvalue weighted by atomic mass is 9.98. The molecule has 6 heteroatoms. The Morgan fingerprint density at radius 2 is 1.65 bits per heavy atom. The van der Waals surface area contributed by atoms with E-state index in [1.165, 1.54) is 0 Å². The van der Waals surface area contributed by atoms with E-state index in [2.05, 4.69) is 17.6 Å². The summed E-state index contributed by atoms with van der Waals surface area (Å²) in [6.07, 6.45) is -0.469. The lowest BCUT2D eigenvalue weighted by molar-refractivity contribution is 0.0904. The third-order valence-corrected chi connectivity index (χ3v) is 4.54. The number of hydrazine groups is 1. The quantitative estimate of drug-likeness (QED) is 0.788. The van der Waals surface area contributed by atoms with Gasteiger partial charge in [0.15, 0.2) is 0 Å². The molecule has 1 aliphatic carbocycles. The number of carboxylic acid groups (broad SMARTS) is 1. The maximum atomic E-state index is 12.1. The molecule has 0 saturated carbocycles. The molecule has 2 aromatic carbocycles. The second kappa shape index (κ2) is 7.91. The number of rotatable bonds is 5. The number of nitrogens with one attached hydrogen (secondary N) is 1. The number of amides is 2. The van der Waals surface area contributed by atoms with Crippen molar-refractivity contribution in [1.82, 2.24) is 10.4 Å². The molecule has 6 nitrogen and oxygen atoms in total. The molecule has 0 saturated heterocycles. The average Bonchev–Trinajstić information content (AvgIpc) is 2.97. The first kappa shape index (κ1) is 17.8. The monoisotopic (exact) mass is 354 g/mol. The van der Waals surface area contributed by atoms with Crippen molar-refractivity contribution in [2.45, 2.75) is 25.7 Å². The molecule has 1 aliphatic rings. The van der Waals surface area contributed by atoms with Crippen LogP contribution in [0, 0.1) is 0 Å². The van der Waals surface area contributed by atoms with Gasteiger partial charge in [0.05, 0.1) is 0 Å². The van der Waals surface area contributed by atoms with Gasteiger partial charge in [0, 0.05) is 12.5 Å². The summed E-state index contributed by atoms with van der Waals surface area (Å²) < 4.78 is 5.35. The summed E-state index contributed by atoms with van der Waals surface area (Å²) in [5, 5.41) is 10.0. The van der Waals surface area contributed by atoms with Crippen molar-refractivity contribution in [3.05, 3.63) is 59.7 Å². The summed E-state index contributed by atoms with van der Waals surface area (Å²) in [7, 11) is 0. The highest BCUT2D eigenvalue weighted by molar-refractivity contribution is 5.79. The van der Waals surface area contributed by atoms with E-state index in [0.717, 1.165) is 33.7 Å². The topological polar surface area (TPSA) is 78.9 Å². The standard InChI is InChI=1S/C20H22N2O4/c1-2-3-12-22(20(24)25)21-19(23)26-13-18-16-10-6-4-8-14(16)15-9-5-7-11-17(15)18/h4-11,18H,2-3,12-13H2,1H3,(H,21,23)(H,24,25). The van der Waals surface area contributed by atoms with Gasteiger partial charge in [-0.25, -0.2) is 20.0 Å². The van der Waals surface area contributed by atoms with Crippen molar-refractivity contribution < 1.29 is 19.4 Å². The summed E-state index contributed by atoms with van der Waals surface area (Å²) in [6.45, 7) is 2.34. The van der Waals surface area contributed by atoms with Crippen LogP contribution in [-0.2, 0) is 4.74 Å². The molecule has 26 heavy (non-hydrogen) atoms. The minimum Gasteiger partial charge on any atom is -0.464 e. The van der Waals surface area contributed by atoms with Crippen LogP contribution in [0.25, 0.3) is 11.1 Å². The van der Waals surface area contributed by atoms with Crippen molar-refractivity contribution in [2.24, 2.45) is 0 Å². The molecular weight excluding hydrogens is 332 g/mol. The lowest BCUT2D eigenvalue weighted by Crippen LogP contribution is -2.46. The molecule has 3 rings (SSSR count). The van der Waals surface area contributed by atoms with Crippen LogP contribution >= 0.6 is 0 Å². The van der Waals surface area contributed by atoms with E-state index in [9.17, 15) is 9.59 Å². The molecule has 0 radical (unpaired) electrons. The summed E-state index contributed by atoms with van der Waals surface area (Å²) >= 11 is 0. The zero-order valence-corrected chi connectivity index (χ0v) is 14.6. The molecule has 0 heterocycles.